The fourth-order valence-corrected chi connectivity index (χ4v) is 1.43. The molecule has 1 heterocycles. The van der Waals surface area contributed by atoms with Gasteiger partial charge in [-0.05, 0) is 24.3 Å². The number of halogens is 1. The van der Waals surface area contributed by atoms with E-state index in [9.17, 15) is 9.18 Å². The van der Waals surface area contributed by atoms with Crippen molar-refractivity contribution in [3.05, 3.63) is 54.1 Å². The quantitative estimate of drug-likeness (QED) is 0.905. The van der Waals surface area contributed by atoms with Gasteiger partial charge in [-0.1, -0.05) is 0 Å². The van der Waals surface area contributed by atoms with Gasteiger partial charge in [-0.25, -0.2) is 4.39 Å². The van der Waals surface area contributed by atoms with Crippen LogP contribution in [0.3, 0.4) is 0 Å². The molecule has 0 fully saturated rings. The molecule has 4 nitrogen and oxygen atoms in total. The summed E-state index contributed by atoms with van der Waals surface area (Å²) in [6.07, 6.45) is 2.45. The molecule has 5 heteroatoms. The molecular weight excluding hydrogens is 235 g/mol. The third-order valence-corrected chi connectivity index (χ3v) is 2.31. The van der Waals surface area contributed by atoms with Crippen molar-refractivity contribution in [3.8, 4) is 5.75 Å². The maximum Gasteiger partial charge on any atom is 0.255 e. The second-order valence-corrected chi connectivity index (χ2v) is 3.57. The topological polar surface area (TPSA) is 51.2 Å². The summed E-state index contributed by atoms with van der Waals surface area (Å²) in [5, 5.41) is 2.55. The van der Waals surface area contributed by atoms with E-state index >= 15 is 0 Å². The smallest absolute Gasteiger partial charge is 0.255 e. The van der Waals surface area contributed by atoms with Crippen LogP contribution in [0.1, 0.15) is 10.4 Å². The lowest BCUT2D eigenvalue weighted by atomic mass is 10.2. The highest BCUT2D eigenvalue weighted by molar-refractivity contribution is 6.04. The highest BCUT2D eigenvalue weighted by atomic mass is 19.1. The zero-order valence-electron chi connectivity index (χ0n) is 9.68. The number of carbonyl (C=O) groups is 1. The molecular formula is C13H11FN2O2. The van der Waals surface area contributed by atoms with E-state index in [0.717, 1.165) is 6.20 Å². The van der Waals surface area contributed by atoms with E-state index in [1.54, 1.807) is 31.4 Å². The van der Waals surface area contributed by atoms with E-state index < -0.39 is 5.82 Å². The van der Waals surface area contributed by atoms with E-state index in [1.807, 2.05) is 0 Å². The molecule has 1 amide bonds. The van der Waals surface area contributed by atoms with E-state index in [4.69, 9.17) is 4.74 Å². The maximum absolute atomic E-state index is 12.9. The van der Waals surface area contributed by atoms with Crippen molar-refractivity contribution < 1.29 is 13.9 Å². The summed E-state index contributed by atoms with van der Waals surface area (Å²) >= 11 is 0. The van der Waals surface area contributed by atoms with Crippen LogP contribution in [-0.4, -0.2) is 18.0 Å². The van der Waals surface area contributed by atoms with Crippen molar-refractivity contribution in [2.24, 2.45) is 0 Å². The number of benzene rings is 1. The molecule has 0 bridgehead atoms. The lowest BCUT2D eigenvalue weighted by molar-refractivity contribution is 0.102. The van der Waals surface area contributed by atoms with Gasteiger partial charge in [0.2, 0.25) is 0 Å². The van der Waals surface area contributed by atoms with Crippen LogP contribution in [0, 0.1) is 5.82 Å². The molecule has 0 saturated carbocycles. The number of anilines is 1. The predicted molar refractivity (Wildman–Crippen MR) is 65.1 cm³/mol. The Morgan fingerprint density at radius 3 is 2.61 bits per heavy atom. The van der Waals surface area contributed by atoms with Crippen molar-refractivity contribution in [1.82, 2.24) is 4.98 Å². The summed E-state index contributed by atoms with van der Waals surface area (Å²) in [7, 11) is 1.55. The van der Waals surface area contributed by atoms with Crippen LogP contribution in [0.15, 0.2) is 42.7 Å². The molecule has 0 spiro atoms. The lowest BCUT2D eigenvalue weighted by Gasteiger charge is -2.05. The van der Waals surface area contributed by atoms with E-state index in [-0.39, 0.29) is 5.91 Å². The molecule has 2 aromatic rings. The second-order valence-electron chi connectivity index (χ2n) is 3.57. The highest BCUT2D eigenvalue weighted by Crippen LogP contribution is 2.13. The minimum Gasteiger partial charge on any atom is -0.497 e. The molecule has 0 aliphatic heterocycles. The van der Waals surface area contributed by atoms with E-state index in [1.165, 1.54) is 12.3 Å². The van der Waals surface area contributed by atoms with Gasteiger partial charge in [-0.3, -0.25) is 9.78 Å². The normalized spacial score (nSPS) is 9.89. The Morgan fingerprint density at radius 2 is 2.00 bits per heavy atom. The zero-order chi connectivity index (χ0) is 13.0. The van der Waals surface area contributed by atoms with Gasteiger partial charge >= 0.3 is 0 Å². The molecule has 0 unspecified atom stereocenters. The van der Waals surface area contributed by atoms with Crippen molar-refractivity contribution >= 4 is 11.6 Å². The lowest BCUT2D eigenvalue weighted by Crippen LogP contribution is -2.12. The van der Waals surface area contributed by atoms with Gasteiger partial charge < -0.3 is 10.1 Å². The van der Waals surface area contributed by atoms with Gasteiger partial charge in [0.1, 0.15) is 11.6 Å². The summed E-state index contributed by atoms with van der Waals surface area (Å²) in [6, 6.07) is 7.81. The molecule has 1 aromatic heterocycles. The molecule has 0 saturated heterocycles. The van der Waals surface area contributed by atoms with Crippen molar-refractivity contribution in [2.45, 2.75) is 0 Å². The number of hydrogen-bond donors (Lipinski definition) is 1. The number of pyridine rings is 1. The minimum atomic E-state index is -0.498. The third-order valence-electron chi connectivity index (χ3n) is 2.31. The summed E-state index contributed by atoms with van der Waals surface area (Å²) in [5.74, 6) is -0.161. The highest BCUT2D eigenvalue weighted by Gasteiger charge is 2.06. The average Bonchev–Trinajstić information content (AvgIpc) is 2.39. The number of rotatable bonds is 3. The first-order chi connectivity index (χ1) is 8.69. The van der Waals surface area contributed by atoms with Gasteiger partial charge in [0.25, 0.3) is 5.91 Å². The Hall–Kier alpha value is -2.43. The Bertz CT molecular complexity index is 555. The van der Waals surface area contributed by atoms with Crippen LogP contribution in [0.25, 0.3) is 0 Å². The Morgan fingerprint density at radius 1 is 1.28 bits per heavy atom. The number of amides is 1. The standard InChI is InChI=1S/C13H11FN2O2/c1-18-12-4-2-9(3-5-12)13(17)16-11-6-10(14)7-15-8-11/h2-8H,1H3,(H,16,17). The van der Waals surface area contributed by atoms with Crippen LogP contribution < -0.4 is 10.1 Å². The van der Waals surface area contributed by atoms with Gasteiger partial charge in [0.05, 0.1) is 25.2 Å². The molecule has 92 valence electrons. The summed E-state index contributed by atoms with van der Waals surface area (Å²) in [4.78, 5) is 15.5. The van der Waals surface area contributed by atoms with E-state index in [2.05, 4.69) is 10.3 Å². The summed E-state index contributed by atoms with van der Waals surface area (Å²) in [5.41, 5.74) is 0.774. The fourth-order valence-electron chi connectivity index (χ4n) is 1.43. The number of nitrogens with one attached hydrogen (secondary N) is 1. The average molecular weight is 246 g/mol. The molecule has 18 heavy (non-hydrogen) atoms. The van der Waals surface area contributed by atoms with Crippen LogP contribution in [0.4, 0.5) is 10.1 Å². The Labute approximate surface area is 103 Å². The van der Waals surface area contributed by atoms with Crippen molar-refractivity contribution in [2.75, 3.05) is 12.4 Å². The number of methoxy groups -OCH3 is 1. The molecule has 1 N–H and O–H groups in total. The number of nitrogens with zero attached hydrogens (tertiary/aromatic N) is 1. The first kappa shape index (κ1) is 12.0. The molecule has 1 aromatic carbocycles. The van der Waals surface area contributed by atoms with Crippen LogP contribution in [0.5, 0.6) is 5.75 Å². The summed E-state index contributed by atoms with van der Waals surface area (Å²) < 4.78 is 17.9. The van der Waals surface area contributed by atoms with Gasteiger partial charge in [0, 0.05) is 11.6 Å². The van der Waals surface area contributed by atoms with Crippen LogP contribution in [0.2, 0.25) is 0 Å². The van der Waals surface area contributed by atoms with Gasteiger partial charge in [-0.15, -0.1) is 0 Å². The third kappa shape index (κ3) is 2.82. The molecule has 0 aliphatic rings. The number of ether oxygens (including phenoxy) is 1. The predicted octanol–water partition coefficient (Wildman–Crippen LogP) is 2.48. The number of aromatic nitrogens is 1. The largest absolute Gasteiger partial charge is 0.497 e. The first-order valence-corrected chi connectivity index (χ1v) is 5.25. The SMILES string of the molecule is COc1ccc(C(=O)Nc2cncc(F)c2)cc1. The summed E-state index contributed by atoms with van der Waals surface area (Å²) in [6.45, 7) is 0. The number of carbonyl (C=O) groups excluding carboxylic acids is 1. The Balaban J connectivity index is 2.11. The molecule has 0 aliphatic carbocycles. The van der Waals surface area contributed by atoms with E-state index in [0.29, 0.717) is 17.0 Å². The number of hydrogen-bond acceptors (Lipinski definition) is 3. The van der Waals surface area contributed by atoms with Gasteiger partial charge in [0.15, 0.2) is 0 Å². The second kappa shape index (κ2) is 5.27. The maximum atomic E-state index is 12.9. The molecule has 0 atom stereocenters. The monoisotopic (exact) mass is 246 g/mol. The minimum absolute atomic E-state index is 0.316. The van der Waals surface area contributed by atoms with Crippen molar-refractivity contribution in [3.63, 3.8) is 0 Å². The zero-order valence-corrected chi connectivity index (χ0v) is 9.68. The Kier molecular flexibility index (Phi) is 3.52. The van der Waals surface area contributed by atoms with Gasteiger partial charge in [-0.2, -0.15) is 0 Å². The first-order valence-electron chi connectivity index (χ1n) is 5.25. The molecule has 2 rings (SSSR count). The van der Waals surface area contributed by atoms with Crippen molar-refractivity contribution in [1.29, 1.82) is 0 Å². The molecule has 0 radical (unpaired) electrons. The van der Waals surface area contributed by atoms with Crippen LogP contribution in [-0.2, 0) is 0 Å². The van der Waals surface area contributed by atoms with Crippen LogP contribution >= 0.6 is 0 Å². The fraction of sp³-hybridized carbons (Fsp3) is 0.0769.